The predicted molar refractivity (Wildman–Crippen MR) is 61.9 cm³/mol. The summed E-state index contributed by atoms with van der Waals surface area (Å²) in [7, 11) is 1.27. The molecule has 18 heavy (non-hydrogen) atoms. The molecule has 1 aliphatic heterocycles. The first-order valence-corrected chi connectivity index (χ1v) is 5.81. The van der Waals surface area contributed by atoms with Crippen LogP contribution < -0.4 is 5.32 Å². The first-order valence-electron chi connectivity index (χ1n) is 5.81. The van der Waals surface area contributed by atoms with E-state index in [0.717, 1.165) is 0 Å². The third-order valence-electron chi connectivity index (χ3n) is 3.05. The molecule has 1 fully saturated rings. The molecule has 0 aromatic carbocycles. The van der Waals surface area contributed by atoms with E-state index in [0.29, 0.717) is 13.0 Å². The summed E-state index contributed by atoms with van der Waals surface area (Å²) in [6, 6.07) is -1.24. The monoisotopic (exact) mass is 258 g/mol. The topological polar surface area (TPSA) is 95.9 Å². The molecule has 0 aliphatic carbocycles. The molecule has 2 amide bonds. The van der Waals surface area contributed by atoms with E-state index >= 15 is 0 Å². The Bertz CT molecular complexity index is 344. The first kappa shape index (κ1) is 14.3. The van der Waals surface area contributed by atoms with Crippen molar-refractivity contribution in [2.24, 2.45) is 5.92 Å². The average Bonchev–Trinajstić information content (AvgIpc) is 2.70. The summed E-state index contributed by atoms with van der Waals surface area (Å²) in [5, 5.41) is 11.6. The standard InChI is InChI=1S/C11H18N2O5/c1-7-4-6-13(9(7)10(15)16)11(17)12-5-3-8(14)18-2/h7,9H,3-6H2,1-2H3,(H,12,17)(H,15,16). The normalized spacial score (nSPS) is 22.7. The number of carboxylic acid groups (broad SMARTS) is 1. The van der Waals surface area contributed by atoms with Crippen LogP contribution in [0, 0.1) is 5.92 Å². The van der Waals surface area contributed by atoms with Crippen LogP contribution in [-0.4, -0.2) is 54.2 Å². The Morgan fingerprint density at radius 1 is 1.44 bits per heavy atom. The van der Waals surface area contributed by atoms with Crippen LogP contribution in [0.15, 0.2) is 0 Å². The number of rotatable bonds is 4. The molecule has 1 heterocycles. The molecule has 0 aromatic heterocycles. The Kier molecular flexibility index (Phi) is 4.94. The largest absolute Gasteiger partial charge is 0.480 e. The van der Waals surface area contributed by atoms with Gasteiger partial charge in [-0.3, -0.25) is 4.79 Å². The molecule has 0 aromatic rings. The molecule has 0 spiro atoms. The van der Waals surface area contributed by atoms with Gasteiger partial charge in [0.25, 0.3) is 0 Å². The number of nitrogens with one attached hydrogen (secondary N) is 1. The summed E-state index contributed by atoms with van der Waals surface area (Å²) in [6.07, 6.45) is 0.741. The number of aliphatic carboxylic acids is 1. The minimum absolute atomic E-state index is 0.0612. The molecule has 7 nitrogen and oxygen atoms in total. The number of amides is 2. The predicted octanol–water partition coefficient (Wildman–Crippen LogP) is 0.0541. The van der Waals surface area contributed by atoms with Crippen LogP contribution in [-0.2, 0) is 14.3 Å². The zero-order chi connectivity index (χ0) is 13.7. The molecule has 1 saturated heterocycles. The Balaban J connectivity index is 2.46. The second-order valence-corrected chi connectivity index (χ2v) is 4.30. The third-order valence-corrected chi connectivity index (χ3v) is 3.05. The first-order chi connectivity index (χ1) is 8.47. The lowest BCUT2D eigenvalue weighted by molar-refractivity contribution is -0.142. The van der Waals surface area contributed by atoms with Gasteiger partial charge in [-0.15, -0.1) is 0 Å². The number of methoxy groups -OCH3 is 1. The van der Waals surface area contributed by atoms with Crippen molar-refractivity contribution in [1.29, 1.82) is 0 Å². The molecule has 2 unspecified atom stereocenters. The highest BCUT2D eigenvalue weighted by atomic mass is 16.5. The molecule has 1 rings (SSSR count). The van der Waals surface area contributed by atoms with Crippen LogP contribution in [0.3, 0.4) is 0 Å². The number of ether oxygens (including phenoxy) is 1. The van der Waals surface area contributed by atoms with E-state index in [-0.39, 0.29) is 18.9 Å². The molecule has 2 N–H and O–H groups in total. The van der Waals surface area contributed by atoms with E-state index in [1.165, 1.54) is 12.0 Å². The van der Waals surface area contributed by atoms with Gasteiger partial charge in [0.2, 0.25) is 0 Å². The summed E-state index contributed by atoms with van der Waals surface area (Å²) >= 11 is 0. The molecular weight excluding hydrogens is 240 g/mol. The SMILES string of the molecule is COC(=O)CCNC(=O)N1CCC(C)C1C(=O)O. The van der Waals surface area contributed by atoms with Crippen molar-refractivity contribution < 1.29 is 24.2 Å². The maximum atomic E-state index is 11.8. The number of hydrogen-bond donors (Lipinski definition) is 2. The Morgan fingerprint density at radius 3 is 2.67 bits per heavy atom. The van der Waals surface area contributed by atoms with Crippen LogP contribution in [0.1, 0.15) is 19.8 Å². The minimum atomic E-state index is -0.997. The Labute approximate surface area is 105 Å². The number of urea groups is 1. The van der Waals surface area contributed by atoms with Gasteiger partial charge >= 0.3 is 18.0 Å². The van der Waals surface area contributed by atoms with Crippen LogP contribution in [0.5, 0.6) is 0 Å². The van der Waals surface area contributed by atoms with Crippen molar-refractivity contribution in [1.82, 2.24) is 10.2 Å². The van der Waals surface area contributed by atoms with Crippen molar-refractivity contribution in [3.05, 3.63) is 0 Å². The van der Waals surface area contributed by atoms with Gasteiger partial charge in [-0.1, -0.05) is 6.92 Å². The van der Waals surface area contributed by atoms with Gasteiger partial charge in [-0.25, -0.2) is 9.59 Å². The molecule has 2 atom stereocenters. The maximum Gasteiger partial charge on any atom is 0.326 e. The minimum Gasteiger partial charge on any atom is -0.480 e. The Morgan fingerprint density at radius 2 is 2.11 bits per heavy atom. The summed E-state index contributed by atoms with van der Waals surface area (Å²) < 4.78 is 4.44. The van der Waals surface area contributed by atoms with Crippen LogP contribution in [0.2, 0.25) is 0 Å². The number of carboxylic acids is 1. The van der Waals surface area contributed by atoms with Gasteiger partial charge in [-0.05, 0) is 12.3 Å². The zero-order valence-electron chi connectivity index (χ0n) is 10.5. The average molecular weight is 258 g/mol. The van der Waals surface area contributed by atoms with Crippen molar-refractivity contribution in [3.63, 3.8) is 0 Å². The highest BCUT2D eigenvalue weighted by molar-refractivity contribution is 5.83. The van der Waals surface area contributed by atoms with E-state index in [4.69, 9.17) is 5.11 Å². The van der Waals surface area contributed by atoms with Gasteiger partial charge in [0.1, 0.15) is 6.04 Å². The molecule has 1 aliphatic rings. The molecular formula is C11H18N2O5. The van der Waals surface area contributed by atoms with Gasteiger partial charge < -0.3 is 20.1 Å². The molecule has 0 saturated carbocycles. The lowest BCUT2D eigenvalue weighted by atomic mass is 10.0. The highest BCUT2D eigenvalue weighted by Crippen LogP contribution is 2.23. The van der Waals surface area contributed by atoms with Crippen molar-refractivity contribution in [2.75, 3.05) is 20.2 Å². The maximum absolute atomic E-state index is 11.8. The fourth-order valence-corrected chi connectivity index (χ4v) is 2.03. The van der Waals surface area contributed by atoms with E-state index in [1.807, 2.05) is 0 Å². The van der Waals surface area contributed by atoms with Gasteiger partial charge in [-0.2, -0.15) is 0 Å². The number of carbonyl (C=O) groups is 3. The zero-order valence-corrected chi connectivity index (χ0v) is 10.5. The number of likely N-dealkylation sites (tertiary alicyclic amines) is 1. The van der Waals surface area contributed by atoms with Crippen molar-refractivity contribution in [2.45, 2.75) is 25.8 Å². The molecule has 7 heteroatoms. The molecule has 0 radical (unpaired) electrons. The van der Waals surface area contributed by atoms with E-state index in [9.17, 15) is 14.4 Å². The van der Waals surface area contributed by atoms with Crippen LogP contribution in [0.25, 0.3) is 0 Å². The summed E-state index contributed by atoms with van der Waals surface area (Å²) in [5.41, 5.74) is 0. The highest BCUT2D eigenvalue weighted by Gasteiger charge is 2.39. The number of hydrogen-bond acceptors (Lipinski definition) is 4. The van der Waals surface area contributed by atoms with E-state index in [2.05, 4.69) is 10.1 Å². The van der Waals surface area contributed by atoms with Gasteiger partial charge in [0.05, 0.1) is 13.5 Å². The van der Waals surface area contributed by atoms with E-state index in [1.54, 1.807) is 6.92 Å². The van der Waals surface area contributed by atoms with Crippen molar-refractivity contribution in [3.8, 4) is 0 Å². The lowest BCUT2D eigenvalue weighted by Gasteiger charge is -2.23. The summed E-state index contributed by atoms with van der Waals surface area (Å²) in [6.45, 7) is 2.37. The van der Waals surface area contributed by atoms with Gasteiger partial charge in [0.15, 0.2) is 0 Å². The Hall–Kier alpha value is -1.79. The fourth-order valence-electron chi connectivity index (χ4n) is 2.03. The third kappa shape index (κ3) is 3.35. The van der Waals surface area contributed by atoms with Gasteiger partial charge in [0, 0.05) is 13.1 Å². The van der Waals surface area contributed by atoms with Crippen molar-refractivity contribution >= 4 is 18.0 Å². The number of esters is 1. The fraction of sp³-hybridized carbons (Fsp3) is 0.727. The summed E-state index contributed by atoms with van der Waals surface area (Å²) in [5.74, 6) is -1.48. The second kappa shape index (κ2) is 6.23. The second-order valence-electron chi connectivity index (χ2n) is 4.30. The molecule has 102 valence electrons. The summed E-state index contributed by atoms with van der Waals surface area (Å²) in [4.78, 5) is 35.0. The quantitative estimate of drug-likeness (QED) is 0.695. The molecule has 0 bridgehead atoms. The van der Waals surface area contributed by atoms with Crippen LogP contribution in [0.4, 0.5) is 4.79 Å². The lowest BCUT2D eigenvalue weighted by Crippen LogP contribution is -2.47. The number of nitrogens with zero attached hydrogens (tertiary/aromatic N) is 1. The van der Waals surface area contributed by atoms with Crippen LogP contribution >= 0.6 is 0 Å². The number of carbonyl (C=O) groups excluding carboxylic acids is 2. The van der Waals surface area contributed by atoms with E-state index < -0.39 is 24.0 Å². The smallest absolute Gasteiger partial charge is 0.326 e.